The number of thiophene rings is 1. The van der Waals surface area contributed by atoms with Crippen molar-refractivity contribution in [3.05, 3.63) is 63.3 Å². The molecule has 0 spiro atoms. The highest BCUT2D eigenvalue weighted by atomic mass is 79.9. The average Bonchev–Trinajstić information content (AvgIpc) is 2.71. The van der Waals surface area contributed by atoms with E-state index in [9.17, 15) is 0 Å². The zero-order valence-corrected chi connectivity index (χ0v) is 9.94. The van der Waals surface area contributed by atoms with Gasteiger partial charge in [-0.25, -0.2) is 0 Å². The summed E-state index contributed by atoms with van der Waals surface area (Å²) < 4.78 is 1.10. The van der Waals surface area contributed by atoms with E-state index in [1.165, 1.54) is 10.4 Å². The Kier molecular flexibility index (Phi) is 2.85. The van der Waals surface area contributed by atoms with Crippen LogP contribution in [-0.4, -0.2) is 0 Å². The normalized spacial score (nSPS) is 10.1. The first-order valence-electron chi connectivity index (χ1n) is 4.26. The van der Waals surface area contributed by atoms with Crippen LogP contribution in [0.5, 0.6) is 0 Å². The van der Waals surface area contributed by atoms with Gasteiger partial charge in [-0.1, -0.05) is 40.7 Å². The van der Waals surface area contributed by atoms with Gasteiger partial charge in [-0.05, 0) is 34.7 Å². The summed E-state index contributed by atoms with van der Waals surface area (Å²) in [7, 11) is 0. The van der Waals surface area contributed by atoms with Gasteiger partial charge in [0, 0.05) is 9.35 Å². The molecule has 0 atom stereocenters. The highest BCUT2D eigenvalue weighted by Crippen LogP contribution is 2.26. The fourth-order valence-electron chi connectivity index (χ4n) is 1.24. The Labute approximate surface area is 96.0 Å². The van der Waals surface area contributed by atoms with Gasteiger partial charge < -0.3 is 0 Å². The van der Waals surface area contributed by atoms with E-state index in [-0.39, 0.29) is 0 Å². The summed E-state index contributed by atoms with van der Waals surface area (Å²) in [5.41, 5.74) is 2.27. The van der Waals surface area contributed by atoms with E-state index in [4.69, 9.17) is 0 Å². The molecule has 0 fully saturated rings. The number of hydrogen-bond donors (Lipinski definition) is 0. The SMILES string of the molecule is C=C(c1ccc(Br)cc1)c1cccs1. The van der Waals surface area contributed by atoms with Crippen molar-refractivity contribution in [2.45, 2.75) is 0 Å². The van der Waals surface area contributed by atoms with Gasteiger partial charge in [0.25, 0.3) is 0 Å². The molecule has 0 radical (unpaired) electrons. The van der Waals surface area contributed by atoms with Crippen LogP contribution in [0.25, 0.3) is 5.57 Å². The lowest BCUT2D eigenvalue weighted by atomic mass is 10.1. The van der Waals surface area contributed by atoms with Crippen LogP contribution in [0.4, 0.5) is 0 Å². The second-order valence-corrected chi connectivity index (χ2v) is 4.83. The molecule has 0 saturated heterocycles. The Hall–Kier alpha value is -0.860. The summed E-state index contributed by atoms with van der Waals surface area (Å²) in [6, 6.07) is 12.4. The molecule has 1 aromatic heterocycles. The van der Waals surface area contributed by atoms with Crippen molar-refractivity contribution in [1.82, 2.24) is 0 Å². The molecule has 1 aromatic carbocycles. The third kappa shape index (κ3) is 1.97. The molecule has 0 N–H and O–H groups in total. The molecule has 0 aliphatic rings. The van der Waals surface area contributed by atoms with Gasteiger partial charge in [-0.2, -0.15) is 0 Å². The second-order valence-electron chi connectivity index (χ2n) is 2.96. The van der Waals surface area contributed by atoms with Crippen LogP contribution in [0.1, 0.15) is 10.4 Å². The maximum absolute atomic E-state index is 4.09. The van der Waals surface area contributed by atoms with Crippen LogP contribution in [0.15, 0.2) is 52.8 Å². The van der Waals surface area contributed by atoms with Gasteiger partial charge in [0.05, 0.1) is 0 Å². The number of rotatable bonds is 2. The molecule has 0 unspecified atom stereocenters. The molecule has 70 valence electrons. The second kappa shape index (κ2) is 4.11. The van der Waals surface area contributed by atoms with E-state index in [1.807, 2.05) is 18.2 Å². The predicted octanol–water partition coefficient (Wildman–Crippen LogP) is 4.57. The summed E-state index contributed by atoms with van der Waals surface area (Å²) in [5.74, 6) is 0. The Morgan fingerprint density at radius 1 is 1.14 bits per heavy atom. The lowest BCUT2D eigenvalue weighted by Gasteiger charge is -2.02. The molecule has 0 amide bonds. The van der Waals surface area contributed by atoms with Crippen molar-refractivity contribution in [2.75, 3.05) is 0 Å². The van der Waals surface area contributed by atoms with Gasteiger partial charge in [0.15, 0.2) is 0 Å². The first-order valence-corrected chi connectivity index (χ1v) is 5.93. The highest BCUT2D eigenvalue weighted by molar-refractivity contribution is 9.10. The van der Waals surface area contributed by atoms with E-state index >= 15 is 0 Å². The summed E-state index contributed by atoms with van der Waals surface area (Å²) in [6.07, 6.45) is 0. The Morgan fingerprint density at radius 2 is 1.86 bits per heavy atom. The molecule has 2 rings (SSSR count). The highest BCUT2D eigenvalue weighted by Gasteiger charge is 2.02. The monoisotopic (exact) mass is 264 g/mol. The van der Waals surface area contributed by atoms with Crippen molar-refractivity contribution >= 4 is 32.8 Å². The Morgan fingerprint density at radius 3 is 2.43 bits per heavy atom. The fourth-order valence-corrected chi connectivity index (χ4v) is 2.23. The number of hydrogen-bond acceptors (Lipinski definition) is 1. The topological polar surface area (TPSA) is 0 Å². The first-order chi connectivity index (χ1) is 6.77. The van der Waals surface area contributed by atoms with Gasteiger partial charge in [0.2, 0.25) is 0 Å². The van der Waals surface area contributed by atoms with Crippen molar-refractivity contribution in [2.24, 2.45) is 0 Å². The molecule has 2 heteroatoms. The maximum atomic E-state index is 4.09. The minimum atomic E-state index is 1.09. The van der Waals surface area contributed by atoms with Crippen molar-refractivity contribution in [1.29, 1.82) is 0 Å². The van der Waals surface area contributed by atoms with Gasteiger partial charge in [0.1, 0.15) is 0 Å². The van der Waals surface area contributed by atoms with Crippen molar-refractivity contribution in [3.63, 3.8) is 0 Å². The molecule has 0 saturated carbocycles. The minimum absolute atomic E-state index is 1.09. The lowest BCUT2D eigenvalue weighted by molar-refractivity contribution is 1.58. The standard InChI is InChI=1S/C12H9BrS/c1-9(12-3-2-8-14-12)10-4-6-11(13)7-5-10/h2-8H,1H2. The van der Waals surface area contributed by atoms with Crippen LogP contribution in [0.2, 0.25) is 0 Å². The zero-order valence-electron chi connectivity index (χ0n) is 7.53. The Bertz CT molecular complexity index is 426. The van der Waals surface area contributed by atoms with Gasteiger partial charge in [-0.3, -0.25) is 0 Å². The summed E-state index contributed by atoms with van der Waals surface area (Å²) >= 11 is 5.14. The maximum Gasteiger partial charge on any atom is 0.0342 e. The zero-order chi connectivity index (χ0) is 9.97. The van der Waals surface area contributed by atoms with E-state index in [2.05, 4.69) is 46.1 Å². The molecular formula is C12H9BrS. The van der Waals surface area contributed by atoms with Crippen molar-refractivity contribution < 1.29 is 0 Å². The Balaban J connectivity index is 2.33. The fraction of sp³-hybridized carbons (Fsp3) is 0. The molecule has 0 bridgehead atoms. The number of benzene rings is 1. The third-order valence-electron chi connectivity index (χ3n) is 2.01. The van der Waals surface area contributed by atoms with Crippen LogP contribution in [0.3, 0.4) is 0 Å². The van der Waals surface area contributed by atoms with E-state index in [0.717, 1.165) is 10.0 Å². The predicted molar refractivity (Wildman–Crippen MR) is 66.6 cm³/mol. The molecule has 0 aliphatic carbocycles. The van der Waals surface area contributed by atoms with Crippen LogP contribution < -0.4 is 0 Å². The van der Waals surface area contributed by atoms with Crippen LogP contribution >= 0.6 is 27.3 Å². The molecule has 0 aliphatic heterocycles. The lowest BCUT2D eigenvalue weighted by Crippen LogP contribution is -1.81. The summed E-state index contributed by atoms with van der Waals surface area (Å²) in [5, 5.41) is 2.07. The average molecular weight is 265 g/mol. The molecule has 0 nitrogen and oxygen atoms in total. The smallest absolute Gasteiger partial charge is 0.0342 e. The third-order valence-corrected chi connectivity index (χ3v) is 3.47. The van der Waals surface area contributed by atoms with Gasteiger partial charge in [-0.15, -0.1) is 11.3 Å². The van der Waals surface area contributed by atoms with E-state index in [1.54, 1.807) is 11.3 Å². The summed E-state index contributed by atoms with van der Waals surface area (Å²) in [4.78, 5) is 1.23. The molecule has 2 aromatic rings. The molecular weight excluding hydrogens is 256 g/mol. The van der Waals surface area contributed by atoms with Crippen molar-refractivity contribution in [3.8, 4) is 0 Å². The summed E-state index contributed by atoms with van der Waals surface area (Å²) in [6.45, 7) is 4.09. The van der Waals surface area contributed by atoms with Crippen LogP contribution in [-0.2, 0) is 0 Å². The molecule has 1 heterocycles. The van der Waals surface area contributed by atoms with E-state index < -0.39 is 0 Å². The quantitative estimate of drug-likeness (QED) is 0.746. The van der Waals surface area contributed by atoms with E-state index in [0.29, 0.717) is 0 Å². The molecule has 14 heavy (non-hydrogen) atoms. The first kappa shape index (κ1) is 9.69. The number of halogens is 1. The van der Waals surface area contributed by atoms with Gasteiger partial charge >= 0.3 is 0 Å². The largest absolute Gasteiger partial charge is 0.144 e. The minimum Gasteiger partial charge on any atom is -0.144 e. The van der Waals surface area contributed by atoms with Crippen LogP contribution in [0, 0.1) is 0 Å².